The van der Waals surface area contributed by atoms with Gasteiger partial charge in [0.25, 0.3) is 0 Å². The van der Waals surface area contributed by atoms with Gasteiger partial charge in [-0.15, -0.1) is 0 Å². The second kappa shape index (κ2) is 4.31. The molecule has 2 aromatic heterocycles. The van der Waals surface area contributed by atoms with Crippen LogP contribution in [-0.2, 0) is 7.05 Å². The molecule has 96 valence electrons. The van der Waals surface area contributed by atoms with E-state index in [-0.39, 0.29) is 5.82 Å². The van der Waals surface area contributed by atoms with Crippen molar-refractivity contribution in [2.45, 2.75) is 6.92 Å². The second-order valence-electron chi connectivity index (χ2n) is 4.27. The third kappa shape index (κ3) is 2.01. The molecule has 3 aromatic rings. The lowest BCUT2D eigenvalue weighted by Gasteiger charge is -2.06. The average molecular weight is 257 g/mol. The van der Waals surface area contributed by atoms with Crippen LogP contribution in [0.2, 0.25) is 0 Å². The molecule has 19 heavy (non-hydrogen) atoms. The van der Waals surface area contributed by atoms with Crippen molar-refractivity contribution in [2.75, 3.05) is 0 Å². The van der Waals surface area contributed by atoms with Crippen LogP contribution in [0.5, 0.6) is 0 Å². The smallest absolute Gasteiger partial charge is 0.181 e. The molecule has 0 atom stereocenters. The number of halogens is 1. The predicted molar refractivity (Wildman–Crippen MR) is 68.3 cm³/mol. The van der Waals surface area contributed by atoms with Gasteiger partial charge in [0.15, 0.2) is 5.82 Å². The number of aromatic nitrogens is 5. The van der Waals surface area contributed by atoms with Crippen molar-refractivity contribution in [2.24, 2.45) is 7.05 Å². The van der Waals surface area contributed by atoms with Crippen molar-refractivity contribution in [3.8, 4) is 17.2 Å². The zero-order valence-electron chi connectivity index (χ0n) is 10.6. The summed E-state index contributed by atoms with van der Waals surface area (Å²) in [6, 6.07) is 8.16. The Morgan fingerprint density at radius 3 is 2.74 bits per heavy atom. The largest absolute Gasteiger partial charge is 0.264 e. The zero-order valence-corrected chi connectivity index (χ0v) is 10.6. The Hall–Kier alpha value is -2.50. The molecule has 0 aliphatic heterocycles. The SMILES string of the molecule is Cc1cc(-c2ncnn2-c2cccc(F)c2)n(C)n1. The van der Waals surface area contributed by atoms with Gasteiger partial charge in [0.05, 0.1) is 11.4 Å². The summed E-state index contributed by atoms with van der Waals surface area (Å²) in [4.78, 5) is 4.24. The van der Waals surface area contributed by atoms with E-state index in [1.807, 2.05) is 20.0 Å². The van der Waals surface area contributed by atoms with Crippen LogP contribution in [0.3, 0.4) is 0 Å². The van der Waals surface area contributed by atoms with Crippen LogP contribution in [0.15, 0.2) is 36.7 Å². The lowest BCUT2D eigenvalue weighted by Crippen LogP contribution is -2.03. The summed E-state index contributed by atoms with van der Waals surface area (Å²) in [5.41, 5.74) is 2.36. The highest BCUT2D eigenvalue weighted by Crippen LogP contribution is 2.20. The highest BCUT2D eigenvalue weighted by atomic mass is 19.1. The number of rotatable bonds is 2. The van der Waals surface area contributed by atoms with E-state index >= 15 is 0 Å². The fourth-order valence-electron chi connectivity index (χ4n) is 2.03. The summed E-state index contributed by atoms with van der Waals surface area (Å²) in [6.07, 6.45) is 1.45. The van der Waals surface area contributed by atoms with Crippen LogP contribution in [0, 0.1) is 12.7 Å². The number of nitrogens with zero attached hydrogens (tertiary/aromatic N) is 5. The van der Waals surface area contributed by atoms with Gasteiger partial charge in [-0.25, -0.2) is 14.1 Å². The minimum Gasteiger partial charge on any atom is -0.264 e. The van der Waals surface area contributed by atoms with Crippen LogP contribution < -0.4 is 0 Å². The van der Waals surface area contributed by atoms with Crippen molar-refractivity contribution >= 4 is 0 Å². The molecule has 6 heteroatoms. The molecule has 0 saturated heterocycles. The number of hydrogen-bond donors (Lipinski definition) is 0. The van der Waals surface area contributed by atoms with Crippen molar-refractivity contribution in [3.63, 3.8) is 0 Å². The molecule has 0 aliphatic rings. The molecule has 0 amide bonds. The van der Waals surface area contributed by atoms with Gasteiger partial charge in [0.1, 0.15) is 17.8 Å². The first kappa shape index (κ1) is 11.6. The molecule has 0 bridgehead atoms. The second-order valence-corrected chi connectivity index (χ2v) is 4.27. The maximum Gasteiger partial charge on any atom is 0.181 e. The summed E-state index contributed by atoms with van der Waals surface area (Å²) in [7, 11) is 1.84. The van der Waals surface area contributed by atoms with Crippen molar-refractivity contribution in [1.82, 2.24) is 24.5 Å². The minimum atomic E-state index is -0.305. The van der Waals surface area contributed by atoms with Crippen LogP contribution in [0.4, 0.5) is 4.39 Å². The Morgan fingerprint density at radius 2 is 2.05 bits per heavy atom. The summed E-state index contributed by atoms with van der Waals surface area (Å²) in [5, 5.41) is 8.43. The van der Waals surface area contributed by atoms with E-state index in [0.29, 0.717) is 11.5 Å². The third-order valence-electron chi connectivity index (χ3n) is 2.83. The Balaban J connectivity index is 2.16. The van der Waals surface area contributed by atoms with E-state index in [9.17, 15) is 4.39 Å². The van der Waals surface area contributed by atoms with Gasteiger partial charge in [-0.3, -0.25) is 4.68 Å². The van der Waals surface area contributed by atoms with Gasteiger partial charge in [-0.05, 0) is 31.2 Å². The van der Waals surface area contributed by atoms with Gasteiger partial charge >= 0.3 is 0 Å². The maximum absolute atomic E-state index is 13.3. The lowest BCUT2D eigenvalue weighted by atomic mass is 10.3. The molecule has 0 unspecified atom stereocenters. The molecule has 1 aromatic carbocycles. The summed E-state index contributed by atoms with van der Waals surface area (Å²) in [5.74, 6) is 0.328. The molecule has 3 rings (SSSR count). The van der Waals surface area contributed by atoms with E-state index in [2.05, 4.69) is 15.2 Å². The van der Waals surface area contributed by atoms with Crippen LogP contribution in [-0.4, -0.2) is 24.5 Å². The quantitative estimate of drug-likeness (QED) is 0.706. The van der Waals surface area contributed by atoms with Gasteiger partial charge < -0.3 is 0 Å². The minimum absolute atomic E-state index is 0.305. The van der Waals surface area contributed by atoms with Gasteiger partial charge in [0, 0.05) is 7.05 Å². The number of aryl methyl sites for hydroxylation is 2. The number of hydrogen-bond acceptors (Lipinski definition) is 3. The normalized spacial score (nSPS) is 10.9. The Bertz CT molecular complexity index is 728. The first-order chi connectivity index (χ1) is 9.15. The molecule has 0 saturated carbocycles. The summed E-state index contributed by atoms with van der Waals surface area (Å²) < 4.78 is 16.6. The van der Waals surface area contributed by atoms with Crippen LogP contribution in [0.1, 0.15) is 5.69 Å². The standard InChI is InChI=1S/C13H12FN5/c1-9-6-12(18(2)17-9)13-15-8-16-19(13)11-5-3-4-10(14)7-11/h3-8H,1-2H3. The molecule has 0 spiro atoms. The first-order valence-electron chi connectivity index (χ1n) is 5.82. The molecule has 0 N–H and O–H groups in total. The fraction of sp³-hybridized carbons (Fsp3) is 0.154. The monoisotopic (exact) mass is 257 g/mol. The lowest BCUT2D eigenvalue weighted by molar-refractivity contribution is 0.625. The molecular formula is C13H12FN5. The predicted octanol–water partition coefficient (Wildman–Crippen LogP) is 2.12. The molecule has 5 nitrogen and oxygen atoms in total. The van der Waals surface area contributed by atoms with E-state index in [0.717, 1.165) is 11.4 Å². The van der Waals surface area contributed by atoms with Gasteiger partial charge in [-0.1, -0.05) is 6.07 Å². The highest BCUT2D eigenvalue weighted by Gasteiger charge is 2.13. The van der Waals surface area contributed by atoms with Gasteiger partial charge in [-0.2, -0.15) is 10.2 Å². The average Bonchev–Trinajstić information content (AvgIpc) is 2.95. The van der Waals surface area contributed by atoms with E-state index in [1.54, 1.807) is 21.5 Å². The van der Waals surface area contributed by atoms with E-state index in [4.69, 9.17) is 0 Å². The molecule has 2 heterocycles. The molecule has 0 fully saturated rings. The van der Waals surface area contributed by atoms with E-state index in [1.165, 1.54) is 18.5 Å². The summed E-state index contributed by atoms with van der Waals surface area (Å²) >= 11 is 0. The van der Waals surface area contributed by atoms with E-state index < -0.39 is 0 Å². The molecule has 0 aliphatic carbocycles. The topological polar surface area (TPSA) is 48.5 Å². The Labute approximate surface area is 109 Å². The van der Waals surface area contributed by atoms with Gasteiger partial charge in [0.2, 0.25) is 0 Å². The number of benzene rings is 1. The summed E-state index contributed by atoms with van der Waals surface area (Å²) in [6.45, 7) is 1.91. The zero-order chi connectivity index (χ0) is 13.4. The Kier molecular flexibility index (Phi) is 2.63. The third-order valence-corrected chi connectivity index (χ3v) is 2.83. The first-order valence-corrected chi connectivity index (χ1v) is 5.82. The van der Waals surface area contributed by atoms with Crippen molar-refractivity contribution in [3.05, 3.63) is 48.2 Å². The van der Waals surface area contributed by atoms with Crippen LogP contribution >= 0.6 is 0 Å². The molecular weight excluding hydrogens is 245 g/mol. The maximum atomic E-state index is 13.3. The van der Waals surface area contributed by atoms with Crippen molar-refractivity contribution < 1.29 is 4.39 Å². The fourth-order valence-corrected chi connectivity index (χ4v) is 2.03. The van der Waals surface area contributed by atoms with Crippen LogP contribution in [0.25, 0.3) is 17.2 Å². The van der Waals surface area contributed by atoms with Crippen molar-refractivity contribution in [1.29, 1.82) is 0 Å². The Morgan fingerprint density at radius 1 is 1.21 bits per heavy atom. The highest BCUT2D eigenvalue weighted by molar-refractivity contribution is 5.53. The molecule has 0 radical (unpaired) electrons.